The molecular weight excluding hydrogens is 334 g/mol. The van der Waals surface area contributed by atoms with Crippen LogP contribution in [0, 0.1) is 6.92 Å². The van der Waals surface area contributed by atoms with Crippen LogP contribution in [0.15, 0.2) is 48.5 Å². The average Bonchev–Trinajstić information content (AvgIpc) is 2.87. The summed E-state index contributed by atoms with van der Waals surface area (Å²) in [6.07, 6.45) is 0. The third kappa shape index (κ3) is 2.47. The Morgan fingerprint density at radius 1 is 1.12 bits per heavy atom. The molecule has 0 bridgehead atoms. The van der Waals surface area contributed by atoms with E-state index >= 15 is 0 Å². The largest absolute Gasteiger partial charge is 0.508 e. The first-order valence-corrected chi connectivity index (χ1v) is 8.42. The summed E-state index contributed by atoms with van der Waals surface area (Å²) in [7, 11) is -0.752. The molecule has 4 aromatic rings. The zero-order valence-electron chi connectivity index (χ0n) is 13.9. The summed E-state index contributed by atoms with van der Waals surface area (Å²) in [5.41, 5.74) is 4.16. The molecule has 25 heavy (non-hydrogen) atoms. The smallest absolute Gasteiger partial charge is 0.414 e. The number of pyridine rings is 1. The Hall–Kier alpha value is -2.50. The predicted octanol–water partition coefficient (Wildman–Crippen LogP) is 4.48. The summed E-state index contributed by atoms with van der Waals surface area (Å²) < 4.78 is 1.82. The van der Waals surface area contributed by atoms with Crippen LogP contribution in [-0.2, 0) is 0 Å². The van der Waals surface area contributed by atoms with Crippen molar-refractivity contribution in [3.63, 3.8) is 0 Å². The molecule has 0 aliphatic carbocycles. The lowest BCUT2D eigenvalue weighted by Crippen LogP contribution is -2.20. The summed E-state index contributed by atoms with van der Waals surface area (Å²) in [6, 6.07) is 14.9. The summed E-state index contributed by atoms with van der Waals surface area (Å²) in [6.45, 7) is 3.67. The number of fused-ring (bicyclic) bond motifs is 2. The second-order valence-corrected chi connectivity index (χ2v) is 6.55. The molecule has 0 atom stereocenters. The van der Waals surface area contributed by atoms with Crippen LogP contribution in [0.25, 0.3) is 33.1 Å². The van der Waals surface area contributed by atoms with Gasteiger partial charge < -0.3 is 14.6 Å². The molecule has 4 rings (SSSR count). The van der Waals surface area contributed by atoms with Crippen molar-refractivity contribution in [1.29, 1.82) is 0 Å². The zero-order valence-corrected chi connectivity index (χ0v) is 14.6. The number of rotatable bonds is 2. The number of para-hydroxylation sites is 1. The summed E-state index contributed by atoms with van der Waals surface area (Å²) >= 11 is 6.49. The van der Waals surface area contributed by atoms with Crippen molar-refractivity contribution >= 4 is 40.5 Å². The highest BCUT2D eigenvalue weighted by atomic mass is 35.5. The average molecular weight is 351 g/mol. The van der Waals surface area contributed by atoms with E-state index in [2.05, 4.69) is 4.98 Å². The zero-order chi connectivity index (χ0) is 17.7. The van der Waals surface area contributed by atoms with E-state index < -0.39 is 7.05 Å². The molecule has 0 fully saturated rings. The van der Waals surface area contributed by atoms with E-state index in [1.165, 1.54) is 0 Å². The minimum atomic E-state index is -0.752. The molecule has 0 spiro atoms. The number of hydrogen-bond donors (Lipinski definition) is 2. The molecular formula is C19H16BClN2O2. The molecule has 2 N–H and O–H groups in total. The van der Waals surface area contributed by atoms with Gasteiger partial charge in [0.05, 0.1) is 5.52 Å². The minimum Gasteiger partial charge on any atom is -0.508 e. The molecule has 124 valence electrons. The standard InChI is InChI=1S/C19H16BClN2O2/c1-11-14-10-13(24)7-8-17(14)23(20(2)25)18(11)15-9-12-5-3-4-6-16(12)22-19(15)21/h3-10,24-25H,1-2H3. The van der Waals surface area contributed by atoms with Crippen LogP contribution in [-0.4, -0.2) is 26.6 Å². The molecule has 2 heterocycles. The second kappa shape index (κ2) is 5.79. The van der Waals surface area contributed by atoms with Crippen LogP contribution < -0.4 is 0 Å². The first kappa shape index (κ1) is 16.0. The number of aromatic hydroxyl groups is 1. The van der Waals surface area contributed by atoms with Gasteiger partial charge >= 0.3 is 7.05 Å². The maximum Gasteiger partial charge on any atom is 0.414 e. The van der Waals surface area contributed by atoms with Crippen LogP contribution in [0.3, 0.4) is 0 Å². The number of nitrogens with zero attached hydrogens (tertiary/aromatic N) is 2. The van der Waals surface area contributed by atoms with Gasteiger partial charge in [0.1, 0.15) is 10.9 Å². The quantitative estimate of drug-likeness (QED) is 0.414. The lowest BCUT2D eigenvalue weighted by atomic mass is 9.86. The fraction of sp³-hybridized carbons (Fsp3) is 0.105. The van der Waals surface area contributed by atoms with E-state index in [0.29, 0.717) is 5.15 Å². The molecule has 0 aliphatic rings. The van der Waals surface area contributed by atoms with Crippen molar-refractivity contribution < 1.29 is 10.1 Å². The van der Waals surface area contributed by atoms with Gasteiger partial charge in [-0.05, 0) is 49.6 Å². The highest BCUT2D eigenvalue weighted by molar-refractivity contribution is 6.49. The van der Waals surface area contributed by atoms with E-state index in [1.807, 2.05) is 41.7 Å². The highest BCUT2D eigenvalue weighted by Crippen LogP contribution is 2.38. The van der Waals surface area contributed by atoms with Gasteiger partial charge in [-0.25, -0.2) is 4.98 Å². The molecule has 4 nitrogen and oxygen atoms in total. The Morgan fingerprint density at radius 3 is 2.64 bits per heavy atom. The minimum absolute atomic E-state index is 0.188. The fourth-order valence-electron chi connectivity index (χ4n) is 3.44. The van der Waals surface area contributed by atoms with Gasteiger partial charge in [0.2, 0.25) is 0 Å². The lowest BCUT2D eigenvalue weighted by molar-refractivity contribution is 0.476. The van der Waals surface area contributed by atoms with E-state index in [4.69, 9.17) is 11.6 Å². The topological polar surface area (TPSA) is 58.3 Å². The van der Waals surface area contributed by atoms with Crippen molar-refractivity contribution in [2.75, 3.05) is 0 Å². The number of aromatic nitrogens is 2. The van der Waals surface area contributed by atoms with Crippen molar-refractivity contribution in [3.8, 4) is 17.0 Å². The monoisotopic (exact) mass is 350 g/mol. The number of hydrogen-bond acceptors (Lipinski definition) is 3. The first-order chi connectivity index (χ1) is 12.0. The van der Waals surface area contributed by atoms with Gasteiger partial charge in [0, 0.05) is 27.5 Å². The van der Waals surface area contributed by atoms with Crippen molar-refractivity contribution in [2.45, 2.75) is 13.7 Å². The molecule has 0 saturated carbocycles. The molecule has 0 aliphatic heterocycles. The highest BCUT2D eigenvalue weighted by Gasteiger charge is 2.23. The Bertz CT molecular complexity index is 1120. The van der Waals surface area contributed by atoms with Gasteiger partial charge in [-0.15, -0.1) is 0 Å². The first-order valence-electron chi connectivity index (χ1n) is 8.04. The summed E-state index contributed by atoms with van der Waals surface area (Å²) in [5.74, 6) is 0.188. The molecule has 2 aromatic heterocycles. The second-order valence-electron chi connectivity index (χ2n) is 6.20. The third-order valence-corrected chi connectivity index (χ3v) is 4.83. The van der Waals surface area contributed by atoms with Crippen LogP contribution in [0.1, 0.15) is 5.56 Å². The van der Waals surface area contributed by atoms with Crippen molar-refractivity contribution in [2.24, 2.45) is 0 Å². The van der Waals surface area contributed by atoms with Crippen molar-refractivity contribution in [1.82, 2.24) is 9.46 Å². The summed E-state index contributed by atoms with van der Waals surface area (Å²) in [5, 5.41) is 22.5. The number of phenolic OH excluding ortho intramolecular Hbond substituents is 1. The van der Waals surface area contributed by atoms with E-state index in [1.54, 1.807) is 25.0 Å². The maximum absolute atomic E-state index is 10.4. The van der Waals surface area contributed by atoms with E-state index in [9.17, 15) is 10.1 Å². The molecule has 6 heteroatoms. The molecule has 0 unspecified atom stereocenters. The van der Waals surface area contributed by atoms with Gasteiger partial charge in [0.25, 0.3) is 0 Å². The Kier molecular flexibility index (Phi) is 3.71. The third-order valence-electron chi connectivity index (χ3n) is 4.55. The van der Waals surface area contributed by atoms with E-state index in [0.717, 1.165) is 38.6 Å². The van der Waals surface area contributed by atoms with Crippen LogP contribution in [0.5, 0.6) is 5.75 Å². The van der Waals surface area contributed by atoms with Crippen LogP contribution >= 0.6 is 11.6 Å². The normalized spacial score (nSPS) is 11.4. The van der Waals surface area contributed by atoms with E-state index in [-0.39, 0.29) is 5.75 Å². The Morgan fingerprint density at radius 2 is 1.88 bits per heavy atom. The Balaban J connectivity index is 2.12. The predicted molar refractivity (Wildman–Crippen MR) is 103 cm³/mol. The van der Waals surface area contributed by atoms with Gasteiger partial charge in [-0.2, -0.15) is 0 Å². The maximum atomic E-state index is 10.4. The number of halogens is 1. The number of aryl methyl sites for hydroxylation is 1. The van der Waals surface area contributed by atoms with Gasteiger partial charge in [-0.1, -0.05) is 29.8 Å². The molecule has 0 amide bonds. The molecule has 0 saturated heterocycles. The van der Waals surface area contributed by atoms with Crippen LogP contribution in [0.2, 0.25) is 12.0 Å². The fourth-order valence-corrected chi connectivity index (χ4v) is 3.68. The SMILES string of the molecule is CB(O)n1c(-c2cc3ccccc3nc2Cl)c(C)c2cc(O)ccc21. The Labute approximate surface area is 150 Å². The van der Waals surface area contributed by atoms with Crippen LogP contribution in [0.4, 0.5) is 0 Å². The lowest BCUT2D eigenvalue weighted by Gasteiger charge is -2.14. The molecule has 0 radical (unpaired) electrons. The van der Waals surface area contributed by atoms with Gasteiger partial charge in [0.15, 0.2) is 0 Å². The molecule has 2 aromatic carbocycles. The van der Waals surface area contributed by atoms with Crippen molar-refractivity contribution in [3.05, 3.63) is 59.2 Å². The summed E-state index contributed by atoms with van der Waals surface area (Å²) in [4.78, 5) is 4.50. The van der Waals surface area contributed by atoms with Gasteiger partial charge in [-0.3, -0.25) is 0 Å². The number of benzene rings is 2. The number of phenols is 1.